The van der Waals surface area contributed by atoms with Crippen molar-refractivity contribution < 1.29 is 13.5 Å². The molecule has 0 spiro atoms. The first-order valence-corrected chi connectivity index (χ1v) is 9.43. The van der Waals surface area contributed by atoms with Gasteiger partial charge in [-0.25, -0.2) is 13.1 Å². The first-order chi connectivity index (χ1) is 9.99. The van der Waals surface area contributed by atoms with Gasteiger partial charge in [-0.1, -0.05) is 6.07 Å². The summed E-state index contributed by atoms with van der Waals surface area (Å²) in [5, 5.41) is 9.08. The van der Waals surface area contributed by atoms with Crippen LogP contribution in [0, 0.1) is 0 Å². The molecule has 116 valence electrons. The van der Waals surface area contributed by atoms with Crippen molar-refractivity contribution in [2.24, 2.45) is 0 Å². The Bertz CT molecular complexity index is 631. The Morgan fingerprint density at radius 3 is 2.71 bits per heavy atom. The first kappa shape index (κ1) is 15.4. The lowest BCUT2D eigenvalue weighted by Crippen LogP contribution is -2.37. The summed E-state index contributed by atoms with van der Waals surface area (Å²) in [4.78, 5) is 2.60. The van der Waals surface area contributed by atoms with E-state index in [1.165, 1.54) is 18.9 Å². The number of nitrogens with one attached hydrogen (secondary N) is 1. The number of sulfonamides is 1. The van der Waals surface area contributed by atoms with Gasteiger partial charge in [-0.3, -0.25) is 4.90 Å². The fourth-order valence-corrected chi connectivity index (χ4v) is 5.18. The fourth-order valence-electron chi connectivity index (χ4n) is 2.80. The third-order valence-corrected chi connectivity index (χ3v) is 6.57. The molecule has 1 saturated heterocycles. The number of likely N-dealkylation sites (tertiary alicyclic amines) is 1. The van der Waals surface area contributed by atoms with E-state index in [2.05, 4.69) is 25.6 Å². The van der Waals surface area contributed by atoms with E-state index in [9.17, 15) is 8.42 Å². The Hall–Kier alpha value is -0.470. The van der Waals surface area contributed by atoms with E-state index in [0.29, 0.717) is 16.1 Å². The van der Waals surface area contributed by atoms with Gasteiger partial charge in [-0.05, 0) is 52.9 Å². The van der Waals surface area contributed by atoms with Gasteiger partial charge in [-0.15, -0.1) is 0 Å². The number of aliphatic hydroxyl groups excluding tert-OH is 1. The summed E-state index contributed by atoms with van der Waals surface area (Å²) < 4.78 is 28.2. The zero-order chi connectivity index (χ0) is 15.0. The van der Waals surface area contributed by atoms with Crippen LogP contribution >= 0.6 is 15.9 Å². The van der Waals surface area contributed by atoms with Gasteiger partial charge >= 0.3 is 0 Å². The van der Waals surface area contributed by atoms with E-state index in [4.69, 9.17) is 5.11 Å². The third-order valence-electron chi connectivity index (χ3n) is 4.07. The topological polar surface area (TPSA) is 69.6 Å². The number of halogens is 1. The highest BCUT2D eigenvalue weighted by molar-refractivity contribution is 9.10. The van der Waals surface area contributed by atoms with Crippen molar-refractivity contribution in [3.63, 3.8) is 0 Å². The van der Waals surface area contributed by atoms with Crippen LogP contribution in [0.15, 0.2) is 27.6 Å². The van der Waals surface area contributed by atoms with Crippen LogP contribution in [-0.2, 0) is 16.6 Å². The Balaban J connectivity index is 1.71. The molecule has 0 radical (unpaired) electrons. The molecular weight excluding hydrogens is 356 g/mol. The summed E-state index contributed by atoms with van der Waals surface area (Å²) in [6.07, 6.45) is 3.35. The maximum absolute atomic E-state index is 12.5. The van der Waals surface area contributed by atoms with E-state index in [1.807, 2.05) is 0 Å². The van der Waals surface area contributed by atoms with Gasteiger partial charge in [0.1, 0.15) is 0 Å². The number of hydrogen-bond donors (Lipinski definition) is 2. The van der Waals surface area contributed by atoms with E-state index >= 15 is 0 Å². The monoisotopic (exact) mass is 374 g/mol. The second-order valence-corrected chi connectivity index (χ2v) is 8.29. The van der Waals surface area contributed by atoms with Crippen LogP contribution < -0.4 is 4.72 Å². The van der Waals surface area contributed by atoms with Gasteiger partial charge in [0.25, 0.3) is 0 Å². The quantitative estimate of drug-likeness (QED) is 0.818. The number of nitrogens with zero attached hydrogens (tertiary/aromatic N) is 1. The smallest absolute Gasteiger partial charge is 0.241 e. The lowest BCUT2D eigenvalue weighted by atomic mass is 10.2. The highest BCUT2D eigenvalue weighted by Gasteiger charge is 2.36. The van der Waals surface area contributed by atoms with Crippen LogP contribution in [0.4, 0.5) is 0 Å². The Kier molecular flexibility index (Phi) is 4.38. The molecule has 5 nitrogen and oxygen atoms in total. The van der Waals surface area contributed by atoms with Crippen LogP contribution in [0.2, 0.25) is 0 Å². The van der Waals surface area contributed by atoms with Crippen LogP contribution in [0.5, 0.6) is 0 Å². The van der Waals surface area contributed by atoms with Crippen molar-refractivity contribution in [3.05, 3.63) is 28.2 Å². The molecule has 3 rings (SSSR count). The van der Waals surface area contributed by atoms with E-state index in [1.54, 1.807) is 12.1 Å². The number of aliphatic hydroxyl groups is 1. The molecule has 1 aliphatic carbocycles. The van der Waals surface area contributed by atoms with Crippen molar-refractivity contribution in [2.75, 3.05) is 13.1 Å². The fraction of sp³-hybridized carbons (Fsp3) is 0.571. The summed E-state index contributed by atoms with van der Waals surface area (Å²) in [7, 11) is -3.53. The molecule has 1 unspecified atom stereocenters. The summed E-state index contributed by atoms with van der Waals surface area (Å²) in [5.41, 5.74) is 0.682. The van der Waals surface area contributed by atoms with E-state index in [-0.39, 0.29) is 17.5 Å². The molecule has 1 aromatic rings. The van der Waals surface area contributed by atoms with Gasteiger partial charge < -0.3 is 5.11 Å². The molecule has 0 bridgehead atoms. The van der Waals surface area contributed by atoms with Crippen molar-refractivity contribution in [1.82, 2.24) is 9.62 Å². The second-order valence-electron chi connectivity index (χ2n) is 5.76. The molecule has 7 heteroatoms. The van der Waals surface area contributed by atoms with Gasteiger partial charge in [-0.2, -0.15) is 0 Å². The summed E-state index contributed by atoms with van der Waals surface area (Å²) >= 11 is 3.28. The molecule has 2 fully saturated rings. The minimum atomic E-state index is -3.53. The second kappa shape index (κ2) is 5.96. The average Bonchev–Trinajstić information content (AvgIpc) is 3.19. The highest BCUT2D eigenvalue weighted by atomic mass is 79.9. The van der Waals surface area contributed by atoms with Crippen LogP contribution in [0.1, 0.15) is 24.8 Å². The van der Waals surface area contributed by atoms with E-state index < -0.39 is 10.0 Å². The maximum Gasteiger partial charge on any atom is 0.241 e. The summed E-state index contributed by atoms with van der Waals surface area (Å²) in [5.74, 6) is 0. The molecule has 21 heavy (non-hydrogen) atoms. The molecule has 2 N–H and O–H groups in total. The van der Waals surface area contributed by atoms with Gasteiger partial charge in [0.2, 0.25) is 10.0 Å². The third kappa shape index (κ3) is 3.48. The first-order valence-electron chi connectivity index (χ1n) is 7.15. The number of rotatable bonds is 5. The zero-order valence-electron chi connectivity index (χ0n) is 11.6. The van der Waals surface area contributed by atoms with Crippen LogP contribution in [0.3, 0.4) is 0 Å². The Labute approximate surface area is 133 Å². The molecule has 1 atom stereocenters. The van der Waals surface area contributed by atoms with Gasteiger partial charge in [0.15, 0.2) is 0 Å². The molecule has 1 saturated carbocycles. The predicted molar refractivity (Wildman–Crippen MR) is 83.4 cm³/mol. The summed E-state index contributed by atoms with van der Waals surface area (Å²) in [6, 6.07) is 5.46. The zero-order valence-corrected chi connectivity index (χ0v) is 14.0. The molecular formula is C14H19BrN2O3S. The normalized spacial score (nSPS) is 23.6. The molecule has 1 aliphatic heterocycles. The average molecular weight is 375 g/mol. The Morgan fingerprint density at radius 1 is 1.33 bits per heavy atom. The number of hydrogen-bond acceptors (Lipinski definition) is 4. The predicted octanol–water partition coefficient (Wildman–Crippen LogP) is 1.46. The van der Waals surface area contributed by atoms with E-state index in [0.717, 1.165) is 19.5 Å². The molecule has 1 heterocycles. The highest BCUT2D eigenvalue weighted by Crippen LogP contribution is 2.30. The lowest BCUT2D eigenvalue weighted by molar-refractivity contribution is 0.281. The molecule has 0 amide bonds. The minimum absolute atomic E-state index is 0.0139. The van der Waals surface area contributed by atoms with Crippen molar-refractivity contribution in [2.45, 2.75) is 42.8 Å². The molecule has 0 aromatic heterocycles. The van der Waals surface area contributed by atoms with Gasteiger partial charge in [0.05, 0.1) is 11.5 Å². The molecule has 1 aromatic carbocycles. The maximum atomic E-state index is 12.5. The van der Waals surface area contributed by atoms with Crippen molar-refractivity contribution in [3.8, 4) is 0 Å². The van der Waals surface area contributed by atoms with Gasteiger partial charge in [0, 0.05) is 29.6 Å². The van der Waals surface area contributed by atoms with Crippen molar-refractivity contribution >= 4 is 26.0 Å². The minimum Gasteiger partial charge on any atom is -0.392 e. The standard InChI is InChI=1S/C14H19BrN2O3S/c15-13-7-10(9-18)1-4-14(13)21(19,20)16-11-5-6-17(8-11)12-2-3-12/h1,4,7,11-12,16,18H,2-3,5-6,8-9H2. The largest absolute Gasteiger partial charge is 0.392 e. The van der Waals surface area contributed by atoms with Crippen molar-refractivity contribution in [1.29, 1.82) is 0 Å². The number of benzene rings is 1. The SMILES string of the molecule is O=S(=O)(NC1CCN(C2CC2)C1)c1ccc(CO)cc1Br. The lowest BCUT2D eigenvalue weighted by Gasteiger charge is -2.16. The molecule has 2 aliphatic rings. The Morgan fingerprint density at radius 2 is 2.10 bits per heavy atom. The van der Waals surface area contributed by atoms with Crippen LogP contribution in [0.25, 0.3) is 0 Å². The summed E-state index contributed by atoms with van der Waals surface area (Å²) in [6.45, 7) is 1.67. The van der Waals surface area contributed by atoms with Crippen LogP contribution in [-0.4, -0.2) is 43.6 Å².